The van der Waals surface area contributed by atoms with Gasteiger partial charge in [-0.3, -0.25) is 0 Å². The van der Waals surface area contributed by atoms with E-state index in [2.05, 4.69) is 41.7 Å². The molecule has 2 aromatic carbocycles. The van der Waals surface area contributed by atoms with Gasteiger partial charge in [0.05, 0.1) is 11.6 Å². The van der Waals surface area contributed by atoms with Crippen molar-refractivity contribution in [2.45, 2.75) is 37.8 Å². The fourth-order valence-corrected chi connectivity index (χ4v) is 3.84. The third kappa shape index (κ3) is 2.93. The summed E-state index contributed by atoms with van der Waals surface area (Å²) in [6.45, 7) is 0. The highest BCUT2D eigenvalue weighted by molar-refractivity contribution is 5.70. The van der Waals surface area contributed by atoms with E-state index >= 15 is 0 Å². The predicted molar refractivity (Wildman–Crippen MR) is 92.9 cm³/mol. The normalized spacial score (nSPS) is 22.5. The smallest absolute Gasteiger partial charge is 0.0998 e. The van der Waals surface area contributed by atoms with E-state index in [1.165, 1.54) is 24.8 Å². The molecule has 2 heterocycles. The van der Waals surface area contributed by atoms with Crippen LogP contribution in [-0.4, -0.2) is 12.1 Å². The van der Waals surface area contributed by atoms with Gasteiger partial charge in [0.2, 0.25) is 0 Å². The minimum atomic E-state index is 0.602. The van der Waals surface area contributed by atoms with E-state index in [9.17, 15) is 5.26 Å². The third-order valence-corrected chi connectivity index (χ3v) is 4.97. The van der Waals surface area contributed by atoms with Crippen LogP contribution in [0.25, 0.3) is 11.1 Å². The number of hydrogen-bond donors (Lipinski definition) is 1. The number of hydrogen-bond acceptors (Lipinski definition) is 2. The molecule has 2 aromatic rings. The molecule has 1 N–H and O–H groups in total. The van der Waals surface area contributed by atoms with Crippen LogP contribution in [0, 0.1) is 11.3 Å². The topological polar surface area (TPSA) is 35.8 Å². The van der Waals surface area contributed by atoms with E-state index in [4.69, 9.17) is 0 Å². The van der Waals surface area contributed by atoms with Crippen LogP contribution in [0.1, 0.15) is 30.4 Å². The number of nitriles is 1. The zero-order valence-electron chi connectivity index (χ0n) is 13.1. The molecule has 2 aliphatic rings. The first-order chi connectivity index (χ1) is 11.3. The highest BCUT2D eigenvalue weighted by atomic mass is 15.0. The van der Waals surface area contributed by atoms with Crippen molar-refractivity contribution in [3.8, 4) is 17.2 Å². The molecule has 2 unspecified atom stereocenters. The SMILES string of the molecule is N#Cc1ccccc1-c1ccc(CC2=CC3CCC(C2)N3)cc1. The summed E-state index contributed by atoms with van der Waals surface area (Å²) in [6, 6.07) is 20.0. The molecule has 0 aliphatic carbocycles. The van der Waals surface area contributed by atoms with E-state index in [0.29, 0.717) is 12.1 Å². The van der Waals surface area contributed by atoms with Crippen molar-refractivity contribution in [2.24, 2.45) is 0 Å². The average molecular weight is 300 g/mol. The molecule has 23 heavy (non-hydrogen) atoms. The Morgan fingerprint density at radius 1 is 1.04 bits per heavy atom. The molecule has 2 aliphatic heterocycles. The van der Waals surface area contributed by atoms with Crippen LogP contribution < -0.4 is 5.32 Å². The van der Waals surface area contributed by atoms with Crippen molar-refractivity contribution in [1.82, 2.24) is 5.32 Å². The molecular weight excluding hydrogens is 280 g/mol. The standard InChI is InChI=1S/C21H20N2/c22-14-18-3-1-2-4-21(18)17-7-5-15(6-8-17)11-16-12-19-9-10-20(13-16)23-19/h1-8,12,19-20,23H,9-11,13H2. The fourth-order valence-electron chi connectivity index (χ4n) is 3.84. The summed E-state index contributed by atoms with van der Waals surface area (Å²) in [5, 5.41) is 12.9. The number of rotatable bonds is 3. The Balaban J connectivity index is 1.54. The van der Waals surface area contributed by atoms with E-state index < -0.39 is 0 Å². The van der Waals surface area contributed by atoms with E-state index in [1.54, 1.807) is 5.57 Å². The van der Waals surface area contributed by atoms with Gasteiger partial charge in [0.1, 0.15) is 0 Å². The van der Waals surface area contributed by atoms with Crippen molar-refractivity contribution in [2.75, 3.05) is 0 Å². The van der Waals surface area contributed by atoms with Gasteiger partial charge in [-0.1, -0.05) is 54.1 Å². The molecule has 2 nitrogen and oxygen atoms in total. The van der Waals surface area contributed by atoms with Gasteiger partial charge in [-0.2, -0.15) is 5.26 Å². The molecular formula is C21H20N2. The molecule has 2 bridgehead atoms. The summed E-state index contributed by atoms with van der Waals surface area (Å²) in [6.07, 6.45) is 7.28. The van der Waals surface area contributed by atoms with Crippen LogP contribution in [0.5, 0.6) is 0 Å². The number of fused-ring (bicyclic) bond motifs is 2. The summed E-state index contributed by atoms with van der Waals surface area (Å²) in [5.41, 5.74) is 5.79. The van der Waals surface area contributed by atoms with Gasteiger partial charge in [-0.15, -0.1) is 0 Å². The van der Waals surface area contributed by atoms with Gasteiger partial charge >= 0.3 is 0 Å². The average Bonchev–Trinajstić information content (AvgIpc) is 2.94. The van der Waals surface area contributed by atoms with Gasteiger partial charge < -0.3 is 5.32 Å². The zero-order chi connectivity index (χ0) is 15.6. The lowest BCUT2D eigenvalue weighted by Gasteiger charge is -2.21. The van der Waals surface area contributed by atoms with Gasteiger partial charge in [-0.25, -0.2) is 0 Å². The van der Waals surface area contributed by atoms with Crippen molar-refractivity contribution in [3.63, 3.8) is 0 Å². The Hall–Kier alpha value is -2.37. The van der Waals surface area contributed by atoms with Crippen molar-refractivity contribution in [3.05, 3.63) is 71.3 Å². The summed E-state index contributed by atoms with van der Waals surface area (Å²) >= 11 is 0. The van der Waals surface area contributed by atoms with E-state index in [1.807, 2.05) is 24.3 Å². The number of nitrogens with one attached hydrogen (secondary N) is 1. The van der Waals surface area contributed by atoms with Gasteiger partial charge in [0.15, 0.2) is 0 Å². The maximum absolute atomic E-state index is 9.24. The Kier molecular flexibility index (Phi) is 3.73. The van der Waals surface area contributed by atoms with E-state index in [-0.39, 0.29) is 0 Å². The Bertz CT molecular complexity index is 780. The Morgan fingerprint density at radius 2 is 1.87 bits per heavy atom. The lowest BCUT2D eigenvalue weighted by Crippen LogP contribution is -2.32. The lowest BCUT2D eigenvalue weighted by atomic mass is 9.94. The second-order valence-corrected chi connectivity index (χ2v) is 6.61. The lowest BCUT2D eigenvalue weighted by molar-refractivity contribution is 0.543. The summed E-state index contributed by atoms with van der Waals surface area (Å²) < 4.78 is 0. The highest BCUT2D eigenvalue weighted by Crippen LogP contribution is 2.29. The second-order valence-electron chi connectivity index (χ2n) is 6.61. The maximum Gasteiger partial charge on any atom is 0.0998 e. The second kappa shape index (κ2) is 6.02. The first-order valence-corrected chi connectivity index (χ1v) is 8.36. The minimum Gasteiger partial charge on any atom is -0.307 e. The van der Waals surface area contributed by atoms with Crippen LogP contribution in [0.3, 0.4) is 0 Å². The van der Waals surface area contributed by atoms with Gasteiger partial charge in [-0.05, 0) is 48.4 Å². The molecule has 4 rings (SSSR count). The Morgan fingerprint density at radius 3 is 2.65 bits per heavy atom. The highest BCUT2D eigenvalue weighted by Gasteiger charge is 2.27. The van der Waals surface area contributed by atoms with Crippen LogP contribution in [-0.2, 0) is 6.42 Å². The van der Waals surface area contributed by atoms with Gasteiger partial charge in [0.25, 0.3) is 0 Å². The molecule has 114 valence electrons. The molecule has 0 spiro atoms. The zero-order valence-corrected chi connectivity index (χ0v) is 13.1. The van der Waals surface area contributed by atoms with Crippen LogP contribution in [0.2, 0.25) is 0 Å². The molecule has 1 saturated heterocycles. The van der Waals surface area contributed by atoms with Crippen LogP contribution in [0.15, 0.2) is 60.2 Å². The minimum absolute atomic E-state index is 0.602. The fraction of sp³-hybridized carbons (Fsp3) is 0.286. The first-order valence-electron chi connectivity index (χ1n) is 8.36. The van der Waals surface area contributed by atoms with Crippen molar-refractivity contribution >= 4 is 0 Å². The molecule has 0 saturated carbocycles. The molecule has 0 radical (unpaired) electrons. The molecule has 2 atom stereocenters. The Labute approximate surface area is 137 Å². The quantitative estimate of drug-likeness (QED) is 0.862. The summed E-state index contributed by atoms with van der Waals surface area (Å²) in [5.74, 6) is 0. The number of nitrogens with zero attached hydrogens (tertiary/aromatic N) is 1. The molecule has 2 heteroatoms. The van der Waals surface area contributed by atoms with Crippen LogP contribution >= 0.6 is 0 Å². The van der Waals surface area contributed by atoms with Crippen molar-refractivity contribution < 1.29 is 0 Å². The summed E-state index contributed by atoms with van der Waals surface area (Å²) in [4.78, 5) is 0. The third-order valence-electron chi connectivity index (χ3n) is 4.97. The monoisotopic (exact) mass is 300 g/mol. The molecule has 1 fully saturated rings. The predicted octanol–water partition coefficient (Wildman–Crippen LogP) is 4.22. The number of benzene rings is 2. The van der Waals surface area contributed by atoms with E-state index in [0.717, 1.165) is 23.1 Å². The largest absolute Gasteiger partial charge is 0.307 e. The maximum atomic E-state index is 9.24. The van der Waals surface area contributed by atoms with Crippen molar-refractivity contribution in [1.29, 1.82) is 5.26 Å². The molecule has 0 amide bonds. The first kappa shape index (κ1) is 14.2. The van der Waals surface area contributed by atoms with Gasteiger partial charge in [0, 0.05) is 12.1 Å². The van der Waals surface area contributed by atoms with Crippen LogP contribution in [0.4, 0.5) is 0 Å². The summed E-state index contributed by atoms with van der Waals surface area (Å²) in [7, 11) is 0. The molecule has 0 aromatic heterocycles.